The smallest absolute Gasteiger partial charge is 0.230 e. The monoisotopic (exact) mass is 329 g/mol. The van der Waals surface area contributed by atoms with Crippen LogP contribution in [-0.4, -0.2) is 21.9 Å². The van der Waals surface area contributed by atoms with Crippen LogP contribution < -0.4 is 5.32 Å². The molecule has 2 rings (SSSR count). The molecule has 0 radical (unpaired) electrons. The molecule has 112 valence electrons. The van der Waals surface area contributed by atoms with Crippen molar-refractivity contribution >= 4 is 29.0 Å². The molecule has 0 fully saturated rings. The Hall–Kier alpha value is -1.54. The first kappa shape index (κ1) is 15.8. The van der Waals surface area contributed by atoms with E-state index >= 15 is 0 Å². The van der Waals surface area contributed by atoms with Crippen molar-refractivity contribution < 1.29 is 13.6 Å². The van der Waals surface area contributed by atoms with Crippen molar-refractivity contribution in [3.63, 3.8) is 0 Å². The lowest BCUT2D eigenvalue weighted by molar-refractivity contribution is -0.119. The van der Waals surface area contributed by atoms with Crippen molar-refractivity contribution in [1.82, 2.24) is 15.5 Å². The van der Waals surface area contributed by atoms with Crippen LogP contribution in [0.15, 0.2) is 22.5 Å². The molecule has 1 atom stereocenters. The summed E-state index contributed by atoms with van der Waals surface area (Å²) in [6, 6.07) is 2.77. The summed E-state index contributed by atoms with van der Waals surface area (Å²) >= 11 is 2.68. The van der Waals surface area contributed by atoms with Gasteiger partial charge in [0.25, 0.3) is 0 Å². The van der Waals surface area contributed by atoms with Crippen molar-refractivity contribution in [2.24, 2.45) is 0 Å². The summed E-state index contributed by atoms with van der Waals surface area (Å²) in [6.45, 7) is 3.48. The van der Waals surface area contributed by atoms with Crippen LogP contribution >= 0.6 is 23.1 Å². The van der Waals surface area contributed by atoms with Gasteiger partial charge in [0, 0.05) is 11.6 Å². The zero-order chi connectivity index (χ0) is 15.4. The zero-order valence-electron chi connectivity index (χ0n) is 11.4. The molecule has 1 amide bonds. The zero-order valence-corrected chi connectivity index (χ0v) is 13.0. The molecule has 0 aliphatic heterocycles. The fraction of sp³-hybridized carbons (Fsp3) is 0.308. The number of amides is 1. The van der Waals surface area contributed by atoms with Gasteiger partial charge in [0.1, 0.15) is 16.6 Å². The van der Waals surface area contributed by atoms with Gasteiger partial charge in [-0.1, -0.05) is 29.2 Å². The Morgan fingerprint density at radius 3 is 2.81 bits per heavy atom. The maximum atomic E-state index is 13.6. The highest BCUT2D eigenvalue weighted by Crippen LogP contribution is 2.22. The largest absolute Gasteiger partial charge is 0.349 e. The third-order valence-corrected chi connectivity index (χ3v) is 4.61. The van der Waals surface area contributed by atoms with Crippen LogP contribution in [0.25, 0.3) is 0 Å². The molecule has 0 saturated heterocycles. The van der Waals surface area contributed by atoms with Gasteiger partial charge in [-0.15, -0.1) is 10.2 Å². The molecule has 0 unspecified atom stereocenters. The van der Waals surface area contributed by atoms with Gasteiger partial charge in [-0.05, 0) is 19.9 Å². The van der Waals surface area contributed by atoms with Crippen LogP contribution in [0.2, 0.25) is 0 Å². The third kappa shape index (κ3) is 4.47. The van der Waals surface area contributed by atoms with Gasteiger partial charge in [-0.2, -0.15) is 0 Å². The van der Waals surface area contributed by atoms with Crippen LogP contribution in [0.3, 0.4) is 0 Å². The van der Waals surface area contributed by atoms with Gasteiger partial charge in [-0.3, -0.25) is 4.79 Å². The van der Waals surface area contributed by atoms with Crippen LogP contribution in [0.5, 0.6) is 0 Å². The van der Waals surface area contributed by atoms with Crippen molar-refractivity contribution in [2.75, 3.05) is 5.75 Å². The lowest BCUT2D eigenvalue weighted by Crippen LogP contribution is -2.28. The van der Waals surface area contributed by atoms with E-state index in [1.54, 1.807) is 6.92 Å². The summed E-state index contributed by atoms with van der Waals surface area (Å²) in [5.41, 5.74) is 0.251. The minimum atomic E-state index is -0.671. The molecule has 21 heavy (non-hydrogen) atoms. The summed E-state index contributed by atoms with van der Waals surface area (Å²) in [4.78, 5) is 11.8. The fourth-order valence-corrected chi connectivity index (χ4v) is 3.30. The highest BCUT2D eigenvalue weighted by molar-refractivity contribution is 8.01. The summed E-state index contributed by atoms with van der Waals surface area (Å²) in [5.74, 6) is -1.39. The first-order valence-electron chi connectivity index (χ1n) is 6.13. The normalized spacial score (nSPS) is 12.2. The average molecular weight is 329 g/mol. The number of rotatable bonds is 5. The molecule has 1 aromatic carbocycles. The van der Waals surface area contributed by atoms with E-state index < -0.39 is 17.7 Å². The third-order valence-electron chi connectivity index (χ3n) is 2.64. The summed E-state index contributed by atoms with van der Waals surface area (Å²) < 4.78 is 27.1. The molecule has 0 aliphatic rings. The number of nitrogens with one attached hydrogen (secondary N) is 1. The van der Waals surface area contributed by atoms with Gasteiger partial charge in [-0.25, -0.2) is 8.78 Å². The Morgan fingerprint density at radius 2 is 2.19 bits per heavy atom. The van der Waals surface area contributed by atoms with Crippen molar-refractivity contribution in [1.29, 1.82) is 0 Å². The second-order valence-corrected chi connectivity index (χ2v) is 6.73. The Kier molecular flexibility index (Phi) is 5.24. The van der Waals surface area contributed by atoms with Crippen LogP contribution in [-0.2, 0) is 4.79 Å². The molecular formula is C13H13F2N3OS2. The van der Waals surface area contributed by atoms with E-state index in [1.807, 2.05) is 6.92 Å². The highest BCUT2D eigenvalue weighted by Gasteiger charge is 2.15. The number of hydrogen-bond donors (Lipinski definition) is 1. The second kappa shape index (κ2) is 6.95. The number of aromatic nitrogens is 2. The summed E-state index contributed by atoms with van der Waals surface area (Å²) in [7, 11) is 0. The SMILES string of the molecule is Cc1nnc(SCC(=O)N[C@H](C)c2ccc(F)cc2F)s1. The lowest BCUT2D eigenvalue weighted by Gasteiger charge is -2.14. The molecule has 4 nitrogen and oxygen atoms in total. The van der Waals surface area contributed by atoms with Crippen LogP contribution in [0, 0.1) is 18.6 Å². The first-order chi connectivity index (χ1) is 9.95. The maximum Gasteiger partial charge on any atom is 0.230 e. The molecule has 0 bridgehead atoms. The highest BCUT2D eigenvalue weighted by atomic mass is 32.2. The molecule has 0 spiro atoms. The Labute approximate surface area is 129 Å². The van der Waals surface area contributed by atoms with Crippen molar-refractivity contribution in [2.45, 2.75) is 24.2 Å². The number of hydrogen-bond acceptors (Lipinski definition) is 5. The molecule has 2 aromatic rings. The predicted molar refractivity (Wildman–Crippen MR) is 78.3 cm³/mol. The van der Waals surface area contributed by atoms with E-state index in [0.29, 0.717) is 4.34 Å². The second-order valence-electron chi connectivity index (χ2n) is 4.33. The minimum Gasteiger partial charge on any atom is -0.349 e. The van der Waals surface area contributed by atoms with Gasteiger partial charge < -0.3 is 5.32 Å². The lowest BCUT2D eigenvalue weighted by atomic mass is 10.1. The number of benzene rings is 1. The Bertz CT molecular complexity index is 648. The molecule has 0 saturated carbocycles. The van der Waals surface area contributed by atoms with Crippen molar-refractivity contribution in [3.05, 3.63) is 40.4 Å². The molecular weight excluding hydrogens is 316 g/mol. The van der Waals surface area contributed by atoms with E-state index in [4.69, 9.17) is 0 Å². The summed E-state index contributed by atoms with van der Waals surface area (Å²) in [5, 5.41) is 11.3. The van der Waals surface area contributed by atoms with Crippen LogP contribution in [0.4, 0.5) is 8.78 Å². The predicted octanol–water partition coefficient (Wildman–Crippen LogP) is 3.09. The van der Waals surface area contributed by atoms with E-state index in [1.165, 1.54) is 35.2 Å². The standard InChI is InChI=1S/C13H13F2N3OS2/c1-7(10-4-3-9(14)5-11(10)15)16-12(19)6-20-13-18-17-8(2)21-13/h3-5,7H,6H2,1-2H3,(H,16,19)/t7-/m1/s1. The number of nitrogens with zero attached hydrogens (tertiary/aromatic N) is 2. The average Bonchev–Trinajstić information content (AvgIpc) is 2.82. The minimum absolute atomic E-state index is 0.168. The number of halogens is 2. The van der Waals surface area contributed by atoms with Crippen LogP contribution in [0.1, 0.15) is 23.5 Å². The van der Waals surface area contributed by atoms with Gasteiger partial charge in [0.2, 0.25) is 5.91 Å². The molecule has 8 heteroatoms. The quantitative estimate of drug-likeness (QED) is 0.857. The number of thioether (sulfide) groups is 1. The maximum absolute atomic E-state index is 13.6. The van der Waals surface area contributed by atoms with E-state index in [0.717, 1.165) is 11.1 Å². The first-order valence-corrected chi connectivity index (χ1v) is 7.93. The Balaban J connectivity index is 1.89. The number of aryl methyl sites for hydroxylation is 1. The molecule has 1 aromatic heterocycles. The molecule has 1 N–H and O–H groups in total. The molecule has 1 heterocycles. The van der Waals surface area contributed by atoms with E-state index in [-0.39, 0.29) is 17.2 Å². The number of carbonyl (C=O) groups excluding carboxylic acids is 1. The van der Waals surface area contributed by atoms with E-state index in [2.05, 4.69) is 15.5 Å². The van der Waals surface area contributed by atoms with Gasteiger partial charge >= 0.3 is 0 Å². The topological polar surface area (TPSA) is 54.9 Å². The summed E-state index contributed by atoms with van der Waals surface area (Å²) in [6.07, 6.45) is 0. The van der Waals surface area contributed by atoms with Gasteiger partial charge in [0.15, 0.2) is 4.34 Å². The Morgan fingerprint density at radius 1 is 1.43 bits per heavy atom. The molecule has 0 aliphatic carbocycles. The van der Waals surface area contributed by atoms with Crippen molar-refractivity contribution in [3.8, 4) is 0 Å². The fourth-order valence-electron chi connectivity index (χ4n) is 1.68. The number of carbonyl (C=O) groups is 1. The van der Waals surface area contributed by atoms with Gasteiger partial charge in [0.05, 0.1) is 11.8 Å². The van der Waals surface area contributed by atoms with E-state index in [9.17, 15) is 13.6 Å².